The number of carbonyl (C=O) groups is 2. The number of hydrogen-bond acceptors (Lipinski definition) is 2. The van der Waals surface area contributed by atoms with Crippen molar-refractivity contribution in [1.29, 1.82) is 0 Å². The van der Waals surface area contributed by atoms with E-state index in [1.807, 2.05) is 54.6 Å². The number of carbonyl (C=O) groups excluding carboxylic acids is 2. The predicted octanol–water partition coefficient (Wildman–Crippen LogP) is 4.66. The first-order valence-electron chi connectivity index (χ1n) is 10.4. The second-order valence-electron chi connectivity index (χ2n) is 7.93. The zero-order valence-corrected chi connectivity index (χ0v) is 17.2. The van der Waals surface area contributed by atoms with E-state index in [4.69, 9.17) is 0 Å². The molecule has 0 bridgehead atoms. The Bertz CT molecular complexity index is 1010. The standard InChI is InChI=1S/C26H26N2O2/c1-19-7-9-21(10-8-19)18-28(26(30)22-5-3-2-4-6-22)24-15-11-20(12-16-24)17-25(29)27-23-13-14-23/h2-12,15-16,23H,13-14,17-18H2,1H3,(H,27,29). The first-order valence-corrected chi connectivity index (χ1v) is 10.4. The van der Waals surface area contributed by atoms with E-state index < -0.39 is 0 Å². The molecule has 3 aromatic rings. The molecular formula is C26H26N2O2. The van der Waals surface area contributed by atoms with E-state index in [1.165, 1.54) is 5.56 Å². The van der Waals surface area contributed by atoms with Crippen molar-refractivity contribution < 1.29 is 9.59 Å². The lowest BCUT2D eigenvalue weighted by molar-refractivity contribution is -0.120. The van der Waals surface area contributed by atoms with Gasteiger partial charge in [0.1, 0.15) is 0 Å². The van der Waals surface area contributed by atoms with Crippen molar-refractivity contribution in [3.63, 3.8) is 0 Å². The SMILES string of the molecule is Cc1ccc(CN(C(=O)c2ccccc2)c2ccc(CC(=O)NC3CC3)cc2)cc1. The van der Waals surface area contributed by atoms with Crippen molar-refractivity contribution in [3.05, 3.63) is 101 Å². The maximum atomic E-state index is 13.3. The number of rotatable bonds is 7. The number of nitrogens with zero attached hydrogens (tertiary/aromatic N) is 1. The Morgan fingerprint density at radius 3 is 2.13 bits per heavy atom. The van der Waals surface area contributed by atoms with Gasteiger partial charge in [0.25, 0.3) is 5.91 Å². The molecule has 0 aromatic heterocycles. The zero-order valence-electron chi connectivity index (χ0n) is 17.2. The summed E-state index contributed by atoms with van der Waals surface area (Å²) in [6.45, 7) is 2.53. The molecule has 4 heteroatoms. The van der Waals surface area contributed by atoms with Gasteiger partial charge in [-0.1, -0.05) is 60.2 Å². The van der Waals surface area contributed by atoms with Gasteiger partial charge in [-0.3, -0.25) is 9.59 Å². The van der Waals surface area contributed by atoms with Gasteiger partial charge in [-0.05, 0) is 55.2 Å². The average molecular weight is 399 g/mol. The normalized spacial score (nSPS) is 13.0. The van der Waals surface area contributed by atoms with Crippen molar-refractivity contribution in [1.82, 2.24) is 5.32 Å². The lowest BCUT2D eigenvalue weighted by Crippen LogP contribution is -2.30. The molecule has 4 rings (SSSR count). The highest BCUT2D eigenvalue weighted by molar-refractivity contribution is 6.06. The van der Waals surface area contributed by atoms with Crippen molar-refractivity contribution >= 4 is 17.5 Å². The van der Waals surface area contributed by atoms with Crippen LogP contribution in [0.25, 0.3) is 0 Å². The molecule has 1 aliphatic carbocycles. The zero-order chi connectivity index (χ0) is 20.9. The number of hydrogen-bond donors (Lipinski definition) is 1. The monoisotopic (exact) mass is 398 g/mol. The van der Waals surface area contributed by atoms with Crippen LogP contribution in [0.3, 0.4) is 0 Å². The summed E-state index contributed by atoms with van der Waals surface area (Å²) >= 11 is 0. The molecule has 1 aliphatic rings. The lowest BCUT2D eigenvalue weighted by Gasteiger charge is -2.23. The number of amides is 2. The fourth-order valence-corrected chi connectivity index (χ4v) is 3.38. The molecule has 0 atom stereocenters. The number of nitrogens with one attached hydrogen (secondary N) is 1. The molecule has 0 radical (unpaired) electrons. The molecule has 1 saturated carbocycles. The summed E-state index contributed by atoms with van der Waals surface area (Å²) in [6, 6.07) is 25.6. The Kier molecular flexibility index (Phi) is 5.94. The molecule has 1 fully saturated rings. The maximum absolute atomic E-state index is 13.3. The minimum Gasteiger partial charge on any atom is -0.353 e. The summed E-state index contributed by atoms with van der Waals surface area (Å²) < 4.78 is 0. The lowest BCUT2D eigenvalue weighted by atomic mass is 10.1. The van der Waals surface area contributed by atoms with Gasteiger partial charge in [0.05, 0.1) is 13.0 Å². The first kappa shape index (κ1) is 19.9. The largest absolute Gasteiger partial charge is 0.353 e. The van der Waals surface area contributed by atoms with E-state index in [2.05, 4.69) is 36.5 Å². The van der Waals surface area contributed by atoms with Crippen LogP contribution in [0.5, 0.6) is 0 Å². The third-order valence-electron chi connectivity index (χ3n) is 5.28. The number of benzene rings is 3. The van der Waals surface area contributed by atoms with E-state index in [0.29, 0.717) is 24.6 Å². The predicted molar refractivity (Wildman–Crippen MR) is 119 cm³/mol. The molecule has 0 heterocycles. The van der Waals surface area contributed by atoms with Crippen LogP contribution >= 0.6 is 0 Å². The minimum atomic E-state index is -0.0459. The number of aryl methyl sites for hydroxylation is 1. The fraction of sp³-hybridized carbons (Fsp3) is 0.231. The summed E-state index contributed by atoms with van der Waals surface area (Å²) in [7, 11) is 0. The van der Waals surface area contributed by atoms with Crippen molar-refractivity contribution in [2.75, 3.05) is 4.90 Å². The van der Waals surface area contributed by atoms with E-state index in [9.17, 15) is 9.59 Å². The van der Waals surface area contributed by atoms with Crippen LogP contribution in [0.1, 0.15) is 39.9 Å². The molecule has 1 N–H and O–H groups in total. The minimum absolute atomic E-state index is 0.0459. The smallest absolute Gasteiger partial charge is 0.258 e. The molecule has 0 spiro atoms. The van der Waals surface area contributed by atoms with Gasteiger partial charge in [-0.25, -0.2) is 0 Å². The maximum Gasteiger partial charge on any atom is 0.258 e. The Morgan fingerprint density at radius 1 is 0.867 bits per heavy atom. The highest BCUT2D eigenvalue weighted by Gasteiger charge is 2.23. The Balaban J connectivity index is 1.55. The van der Waals surface area contributed by atoms with Gasteiger partial charge < -0.3 is 10.2 Å². The van der Waals surface area contributed by atoms with Gasteiger partial charge in [0, 0.05) is 17.3 Å². The Hall–Kier alpha value is -3.40. The molecule has 4 nitrogen and oxygen atoms in total. The van der Waals surface area contributed by atoms with Gasteiger partial charge in [0.15, 0.2) is 0 Å². The molecule has 30 heavy (non-hydrogen) atoms. The van der Waals surface area contributed by atoms with Crippen LogP contribution in [0.15, 0.2) is 78.9 Å². The summed E-state index contributed by atoms with van der Waals surface area (Å²) in [6.07, 6.45) is 2.53. The molecule has 0 aliphatic heterocycles. The van der Waals surface area contributed by atoms with Gasteiger partial charge in [0.2, 0.25) is 5.91 Å². The van der Waals surface area contributed by atoms with Crippen LogP contribution < -0.4 is 10.2 Å². The molecule has 152 valence electrons. The third-order valence-corrected chi connectivity index (χ3v) is 5.28. The van der Waals surface area contributed by atoms with Gasteiger partial charge in [-0.2, -0.15) is 0 Å². The molecule has 0 unspecified atom stereocenters. The van der Waals surface area contributed by atoms with Crippen LogP contribution in [-0.2, 0) is 17.8 Å². The number of anilines is 1. The Morgan fingerprint density at radius 2 is 1.50 bits per heavy atom. The quantitative estimate of drug-likeness (QED) is 0.629. The second kappa shape index (κ2) is 8.95. The molecule has 2 amide bonds. The van der Waals surface area contributed by atoms with Crippen molar-refractivity contribution in [2.45, 2.75) is 38.8 Å². The summed E-state index contributed by atoms with van der Waals surface area (Å²) in [5.41, 5.74) is 4.67. The third kappa shape index (κ3) is 5.15. The van der Waals surface area contributed by atoms with Gasteiger partial charge in [-0.15, -0.1) is 0 Å². The van der Waals surface area contributed by atoms with Gasteiger partial charge >= 0.3 is 0 Å². The molecule has 0 saturated heterocycles. The average Bonchev–Trinajstić information content (AvgIpc) is 3.58. The highest BCUT2D eigenvalue weighted by Crippen LogP contribution is 2.22. The van der Waals surface area contributed by atoms with E-state index in [-0.39, 0.29) is 11.8 Å². The summed E-state index contributed by atoms with van der Waals surface area (Å²) in [5.74, 6) is 0.0116. The topological polar surface area (TPSA) is 49.4 Å². The van der Waals surface area contributed by atoms with Crippen LogP contribution in [0, 0.1) is 6.92 Å². The fourth-order valence-electron chi connectivity index (χ4n) is 3.38. The second-order valence-corrected chi connectivity index (χ2v) is 7.93. The summed E-state index contributed by atoms with van der Waals surface area (Å²) in [4.78, 5) is 27.1. The van der Waals surface area contributed by atoms with E-state index in [0.717, 1.165) is 29.7 Å². The molecular weight excluding hydrogens is 372 g/mol. The Labute approximate surface area is 177 Å². The molecule has 3 aromatic carbocycles. The van der Waals surface area contributed by atoms with Crippen molar-refractivity contribution in [2.24, 2.45) is 0 Å². The first-order chi connectivity index (χ1) is 14.6. The van der Waals surface area contributed by atoms with E-state index in [1.54, 1.807) is 4.90 Å². The van der Waals surface area contributed by atoms with Crippen molar-refractivity contribution in [3.8, 4) is 0 Å². The van der Waals surface area contributed by atoms with Crippen LogP contribution in [0.2, 0.25) is 0 Å². The highest BCUT2D eigenvalue weighted by atomic mass is 16.2. The summed E-state index contributed by atoms with van der Waals surface area (Å²) in [5, 5.41) is 3.01. The van der Waals surface area contributed by atoms with E-state index >= 15 is 0 Å². The van der Waals surface area contributed by atoms with Crippen LogP contribution in [-0.4, -0.2) is 17.9 Å². The van der Waals surface area contributed by atoms with Crippen LogP contribution in [0.4, 0.5) is 5.69 Å².